The van der Waals surface area contributed by atoms with Crippen molar-refractivity contribution < 1.29 is 18.3 Å². The lowest BCUT2D eigenvalue weighted by Crippen LogP contribution is -2.21. The molecule has 1 heterocycles. The molecule has 1 aliphatic rings. The number of halogens is 2. The summed E-state index contributed by atoms with van der Waals surface area (Å²) in [5.74, 6) is 1.59. The third-order valence-corrected chi connectivity index (χ3v) is 2.99. The zero-order valence-electron chi connectivity index (χ0n) is 11.2. The molecule has 1 N–H and O–H groups in total. The zero-order valence-corrected chi connectivity index (χ0v) is 11.2. The molecular weight excluding hydrogens is 252 g/mol. The number of rotatable bonds is 6. The van der Waals surface area contributed by atoms with Gasteiger partial charge in [-0.25, -0.2) is 8.78 Å². The highest BCUT2D eigenvalue weighted by Gasteiger charge is 2.21. The fourth-order valence-corrected chi connectivity index (χ4v) is 2.23. The van der Waals surface area contributed by atoms with Gasteiger partial charge in [-0.05, 0) is 26.0 Å². The summed E-state index contributed by atoms with van der Waals surface area (Å²) in [5.41, 5.74) is 1.98. The first kappa shape index (κ1) is 14.1. The minimum absolute atomic E-state index is 0.161. The van der Waals surface area contributed by atoms with Crippen molar-refractivity contribution in [3.05, 3.63) is 23.3 Å². The van der Waals surface area contributed by atoms with Crippen LogP contribution in [-0.2, 0) is 13.0 Å². The second-order valence-electron chi connectivity index (χ2n) is 4.66. The largest absolute Gasteiger partial charge is 0.494 e. The van der Waals surface area contributed by atoms with Crippen LogP contribution in [0.4, 0.5) is 8.78 Å². The Morgan fingerprint density at radius 3 is 2.95 bits per heavy atom. The van der Waals surface area contributed by atoms with Gasteiger partial charge in [-0.1, -0.05) is 0 Å². The van der Waals surface area contributed by atoms with Gasteiger partial charge in [0.2, 0.25) is 0 Å². The van der Waals surface area contributed by atoms with E-state index in [-0.39, 0.29) is 12.6 Å². The van der Waals surface area contributed by atoms with Gasteiger partial charge in [0.1, 0.15) is 17.6 Å². The lowest BCUT2D eigenvalue weighted by atomic mass is 10.1. The molecule has 1 unspecified atom stereocenters. The molecular formula is C14H19F2NO2. The molecule has 0 amide bonds. The molecule has 0 aliphatic carbocycles. The molecule has 0 spiro atoms. The molecule has 0 aromatic heterocycles. The molecule has 0 bridgehead atoms. The maximum atomic E-state index is 12.1. The van der Waals surface area contributed by atoms with Gasteiger partial charge >= 0.3 is 0 Å². The van der Waals surface area contributed by atoms with Gasteiger partial charge in [0.15, 0.2) is 0 Å². The van der Waals surface area contributed by atoms with E-state index in [9.17, 15) is 8.78 Å². The van der Waals surface area contributed by atoms with Crippen molar-refractivity contribution in [2.24, 2.45) is 0 Å². The van der Waals surface area contributed by atoms with Crippen LogP contribution in [0, 0.1) is 0 Å². The van der Waals surface area contributed by atoms with E-state index >= 15 is 0 Å². The number of alkyl halides is 2. The standard InChI is InChI=1S/C14H19F2NO2/c1-3-18-12-5-10-4-9(2)19-13(10)6-11(12)7-17-8-14(15)16/h5-6,9,14,17H,3-4,7-8H2,1-2H3. The Balaban J connectivity index is 2.13. The minimum Gasteiger partial charge on any atom is -0.494 e. The van der Waals surface area contributed by atoms with Crippen LogP contribution in [0.3, 0.4) is 0 Å². The SMILES string of the molecule is CCOc1cc2c(cc1CNCC(F)F)OC(C)C2. The first-order valence-electron chi connectivity index (χ1n) is 6.54. The predicted molar refractivity (Wildman–Crippen MR) is 69.1 cm³/mol. The van der Waals surface area contributed by atoms with Crippen LogP contribution in [-0.4, -0.2) is 25.7 Å². The van der Waals surface area contributed by atoms with Crippen LogP contribution in [0.1, 0.15) is 25.0 Å². The number of hydrogen-bond donors (Lipinski definition) is 1. The summed E-state index contributed by atoms with van der Waals surface area (Å²) >= 11 is 0. The molecule has 19 heavy (non-hydrogen) atoms. The fraction of sp³-hybridized carbons (Fsp3) is 0.571. The van der Waals surface area contributed by atoms with E-state index in [4.69, 9.17) is 9.47 Å². The van der Waals surface area contributed by atoms with Gasteiger partial charge in [-0.3, -0.25) is 0 Å². The summed E-state index contributed by atoms with van der Waals surface area (Å²) in [5, 5.41) is 2.72. The van der Waals surface area contributed by atoms with Gasteiger partial charge in [0, 0.05) is 24.1 Å². The quantitative estimate of drug-likeness (QED) is 0.863. The van der Waals surface area contributed by atoms with Gasteiger partial charge in [0.05, 0.1) is 13.2 Å². The molecule has 5 heteroatoms. The van der Waals surface area contributed by atoms with E-state index in [0.29, 0.717) is 13.2 Å². The molecule has 1 aliphatic heterocycles. The molecule has 1 aromatic rings. The molecule has 2 rings (SSSR count). The minimum atomic E-state index is -2.35. The van der Waals surface area contributed by atoms with Crippen molar-refractivity contribution in [3.63, 3.8) is 0 Å². The first-order valence-corrected chi connectivity index (χ1v) is 6.54. The lowest BCUT2D eigenvalue weighted by molar-refractivity contribution is 0.145. The van der Waals surface area contributed by atoms with Gasteiger partial charge in [-0.2, -0.15) is 0 Å². The molecule has 0 radical (unpaired) electrons. The molecule has 1 atom stereocenters. The lowest BCUT2D eigenvalue weighted by Gasteiger charge is -2.13. The number of benzene rings is 1. The summed E-state index contributed by atoms with van der Waals surface area (Å²) in [7, 11) is 0. The number of hydrogen-bond acceptors (Lipinski definition) is 3. The summed E-state index contributed by atoms with van der Waals surface area (Å²) in [4.78, 5) is 0. The Morgan fingerprint density at radius 1 is 1.47 bits per heavy atom. The second-order valence-corrected chi connectivity index (χ2v) is 4.66. The van der Waals surface area contributed by atoms with Crippen LogP contribution >= 0.6 is 0 Å². The highest BCUT2D eigenvalue weighted by atomic mass is 19.3. The number of ether oxygens (including phenoxy) is 2. The van der Waals surface area contributed by atoms with Crippen LogP contribution in [0.25, 0.3) is 0 Å². The Hall–Kier alpha value is -1.36. The molecule has 0 fully saturated rings. The summed E-state index contributed by atoms with van der Waals surface area (Å²) in [6, 6.07) is 3.85. The van der Waals surface area contributed by atoms with Crippen molar-refractivity contribution in [3.8, 4) is 11.5 Å². The van der Waals surface area contributed by atoms with E-state index in [1.807, 2.05) is 26.0 Å². The van der Waals surface area contributed by atoms with Gasteiger partial charge in [0.25, 0.3) is 6.43 Å². The molecule has 0 saturated carbocycles. The fourth-order valence-electron chi connectivity index (χ4n) is 2.23. The summed E-state index contributed by atoms with van der Waals surface area (Å²) in [6.07, 6.45) is -1.32. The molecule has 1 aromatic carbocycles. The van der Waals surface area contributed by atoms with Crippen molar-refractivity contribution >= 4 is 0 Å². The van der Waals surface area contributed by atoms with Crippen molar-refractivity contribution in [1.82, 2.24) is 5.32 Å². The second kappa shape index (κ2) is 6.19. The number of nitrogens with one attached hydrogen (secondary N) is 1. The number of fused-ring (bicyclic) bond motifs is 1. The van der Waals surface area contributed by atoms with E-state index in [1.165, 1.54) is 0 Å². The highest BCUT2D eigenvalue weighted by Crippen LogP contribution is 2.35. The van der Waals surface area contributed by atoms with E-state index in [2.05, 4.69) is 5.32 Å². The molecule has 0 saturated heterocycles. The monoisotopic (exact) mass is 271 g/mol. The normalized spacial score (nSPS) is 17.4. The average Bonchev–Trinajstić information content (AvgIpc) is 2.68. The highest BCUT2D eigenvalue weighted by molar-refractivity contribution is 5.48. The van der Waals surface area contributed by atoms with Crippen LogP contribution in [0.15, 0.2) is 12.1 Å². The molecule has 3 nitrogen and oxygen atoms in total. The van der Waals surface area contributed by atoms with Gasteiger partial charge in [-0.15, -0.1) is 0 Å². The average molecular weight is 271 g/mol. The summed E-state index contributed by atoms with van der Waals surface area (Å²) in [6.45, 7) is 4.50. The van der Waals surface area contributed by atoms with E-state index in [0.717, 1.165) is 29.0 Å². The third-order valence-electron chi connectivity index (χ3n) is 2.99. The maximum Gasteiger partial charge on any atom is 0.250 e. The van der Waals surface area contributed by atoms with Crippen LogP contribution < -0.4 is 14.8 Å². The van der Waals surface area contributed by atoms with Crippen LogP contribution in [0.5, 0.6) is 11.5 Å². The van der Waals surface area contributed by atoms with Crippen molar-refractivity contribution in [2.75, 3.05) is 13.2 Å². The van der Waals surface area contributed by atoms with Crippen molar-refractivity contribution in [1.29, 1.82) is 0 Å². The maximum absolute atomic E-state index is 12.1. The Morgan fingerprint density at radius 2 is 2.26 bits per heavy atom. The van der Waals surface area contributed by atoms with E-state index < -0.39 is 6.43 Å². The summed E-state index contributed by atoms with van der Waals surface area (Å²) < 4.78 is 35.5. The van der Waals surface area contributed by atoms with E-state index in [1.54, 1.807) is 0 Å². The Bertz CT molecular complexity index is 438. The smallest absolute Gasteiger partial charge is 0.250 e. The Kier molecular flexibility index (Phi) is 4.58. The van der Waals surface area contributed by atoms with Crippen LogP contribution in [0.2, 0.25) is 0 Å². The first-order chi connectivity index (χ1) is 9.10. The third kappa shape index (κ3) is 3.56. The van der Waals surface area contributed by atoms with Crippen molar-refractivity contribution in [2.45, 2.75) is 39.3 Å². The zero-order chi connectivity index (χ0) is 13.8. The molecule has 106 valence electrons. The Labute approximate surface area is 111 Å². The van der Waals surface area contributed by atoms with Gasteiger partial charge < -0.3 is 14.8 Å². The predicted octanol–water partition coefficient (Wildman–Crippen LogP) is 2.76. The topological polar surface area (TPSA) is 30.5 Å².